The molecule has 4 aliphatic rings. The molecule has 1 aliphatic heterocycles. The van der Waals surface area contributed by atoms with Gasteiger partial charge in [0.1, 0.15) is 15.7 Å². The Bertz CT molecular complexity index is 631. The van der Waals surface area contributed by atoms with Crippen molar-refractivity contribution in [3.05, 3.63) is 29.8 Å². The summed E-state index contributed by atoms with van der Waals surface area (Å²) < 4.78 is 0. The molecule has 3 nitrogen and oxygen atoms in total. The topological polar surface area (TPSA) is 44.6 Å². The van der Waals surface area contributed by atoms with Crippen molar-refractivity contribution in [1.82, 2.24) is 5.43 Å². The number of fused-ring (bicyclic) bond motifs is 6. The Labute approximate surface area is 129 Å². The molecule has 0 radical (unpaired) electrons. The Kier molecular flexibility index (Phi) is 2.47. The van der Waals surface area contributed by atoms with Crippen LogP contribution in [0.4, 0.5) is 0 Å². The number of thioether (sulfide) groups is 1. The van der Waals surface area contributed by atoms with Crippen LogP contribution in [0.2, 0.25) is 0 Å². The van der Waals surface area contributed by atoms with E-state index in [0.29, 0.717) is 5.75 Å². The highest BCUT2D eigenvalue weighted by atomic mass is 32.2. The Balaban J connectivity index is 1.44. The molecule has 0 aromatic heterocycles. The van der Waals surface area contributed by atoms with Gasteiger partial charge in [-0.3, -0.25) is 5.43 Å². The van der Waals surface area contributed by atoms with Crippen LogP contribution >= 0.6 is 11.8 Å². The fourth-order valence-electron chi connectivity index (χ4n) is 5.47. The molecule has 0 unspecified atom stereocenters. The number of nitrogens with zero attached hydrogens (tertiary/aromatic N) is 1. The molecule has 0 amide bonds. The van der Waals surface area contributed by atoms with Crippen molar-refractivity contribution in [2.45, 2.75) is 37.0 Å². The second-order valence-electron chi connectivity index (χ2n) is 7.10. The van der Waals surface area contributed by atoms with Crippen LogP contribution in [0.3, 0.4) is 0 Å². The molecule has 21 heavy (non-hydrogen) atoms. The quantitative estimate of drug-likeness (QED) is 0.834. The van der Waals surface area contributed by atoms with Crippen molar-refractivity contribution in [3.63, 3.8) is 0 Å². The predicted octanol–water partition coefficient (Wildman–Crippen LogP) is 3.54. The molecule has 4 heteroatoms. The minimum Gasteiger partial charge on any atom is -0.507 e. The van der Waals surface area contributed by atoms with E-state index in [-0.39, 0.29) is 4.87 Å². The number of phenols is 1. The van der Waals surface area contributed by atoms with E-state index < -0.39 is 0 Å². The smallest absolute Gasteiger partial charge is 0.129 e. The molecule has 2 N–H and O–H groups in total. The molecule has 3 fully saturated rings. The lowest BCUT2D eigenvalue weighted by Gasteiger charge is -2.38. The molecule has 5 rings (SSSR count). The van der Waals surface area contributed by atoms with Crippen molar-refractivity contribution < 1.29 is 5.11 Å². The molecule has 3 aliphatic carbocycles. The summed E-state index contributed by atoms with van der Waals surface area (Å²) in [4.78, 5) is 0.119. The average Bonchev–Trinajstić information content (AvgIpc) is 3.22. The second-order valence-corrected chi connectivity index (χ2v) is 8.42. The highest BCUT2D eigenvalue weighted by molar-refractivity contribution is 8.15. The van der Waals surface area contributed by atoms with Crippen LogP contribution in [0.1, 0.15) is 37.7 Å². The molecule has 1 spiro atoms. The fraction of sp³-hybridized carbons (Fsp3) is 0.588. The maximum atomic E-state index is 10.1. The summed E-state index contributed by atoms with van der Waals surface area (Å²) in [5.74, 6) is 3.93. The Morgan fingerprint density at radius 1 is 1.24 bits per heavy atom. The highest BCUT2D eigenvalue weighted by Gasteiger charge is 2.63. The number of hydrazone groups is 1. The maximum absolute atomic E-state index is 10.1. The van der Waals surface area contributed by atoms with Crippen molar-refractivity contribution in [1.29, 1.82) is 0 Å². The van der Waals surface area contributed by atoms with Crippen LogP contribution in [0.25, 0.3) is 0 Å². The first-order valence-electron chi connectivity index (χ1n) is 8.09. The number of para-hydroxylation sites is 1. The monoisotopic (exact) mass is 300 g/mol. The summed E-state index contributed by atoms with van der Waals surface area (Å²) in [5.41, 5.74) is 4.36. The largest absolute Gasteiger partial charge is 0.507 e. The zero-order valence-electron chi connectivity index (χ0n) is 12.0. The first-order valence-corrected chi connectivity index (χ1v) is 8.91. The molecule has 1 heterocycles. The lowest BCUT2D eigenvalue weighted by Crippen LogP contribution is -2.45. The van der Waals surface area contributed by atoms with Gasteiger partial charge in [0.25, 0.3) is 0 Å². The van der Waals surface area contributed by atoms with Gasteiger partial charge in [0.2, 0.25) is 0 Å². The lowest BCUT2D eigenvalue weighted by molar-refractivity contribution is 0.192. The minimum absolute atomic E-state index is 0.119. The van der Waals surface area contributed by atoms with Gasteiger partial charge in [-0.2, -0.15) is 5.10 Å². The zero-order valence-corrected chi connectivity index (χ0v) is 12.8. The molecule has 3 saturated carbocycles. The van der Waals surface area contributed by atoms with Crippen LogP contribution in [-0.2, 0) is 0 Å². The van der Waals surface area contributed by atoms with E-state index in [0.717, 1.165) is 34.3 Å². The van der Waals surface area contributed by atoms with E-state index in [9.17, 15) is 5.11 Å². The lowest BCUT2D eigenvalue weighted by atomic mass is 9.79. The first kappa shape index (κ1) is 12.4. The SMILES string of the molecule is Oc1ccccc1C1=NN[C@@]2(C[C@H]3C[C@H]2[C@H]2CCC[C@H]32)S1. The normalized spacial score (nSPS) is 43.1. The summed E-state index contributed by atoms with van der Waals surface area (Å²) >= 11 is 1.88. The zero-order chi connectivity index (χ0) is 14.0. The van der Waals surface area contributed by atoms with E-state index in [4.69, 9.17) is 0 Å². The number of benzene rings is 1. The second kappa shape index (κ2) is 4.19. The Morgan fingerprint density at radius 2 is 2.10 bits per heavy atom. The van der Waals surface area contributed by atoms with Gasteiger partial charge in [0.15, 0.2) is 0 Å². The molecule has 1 aromatic carbocycles. The third kappa shape index (κ3) is 1.60. The van der Waals surface area contributed by atoms with Crippen LogP contribution < -0.4 is 5.43 Å². The summed E-state index contributed by atoms with van der Waals surface area (Å²) in [6.45, 7) is 0. The van der Waals surface area contributed by atoms with Gasteiger partial charge in [-0.25, -0.2) is 0 Å². The van der Waals surface area contributed by atoms with Crippen LogP contribution in [0, 0.1) is 23.7 Å². The van der Waals surface area contributed by atoms with Crippen molar-refractivity contribution in [2.24, 2.45) is 28.8 Å². The Morgan fingerprint density at radius 3 is 3.00 bits per heavy atom. The molecular weight excluding hydrogens is 280 g/mol. The van der Waals surface area contributed by atoms with Crippen LogP contribution in [0.15, 0.2) is 29.4 Å². The van der Waals surface area contributed by atoms with E-state index in [1.54, 1.807) is 6.07 Å². The van der Waals surface area contributed by atoms with Gasteiger partial charge in [-0.1, -0.05) is 30.3 Å². The number of hydrogen-bond acceptors (Lipinski definition) is 4. The standard InChI is InChI=1S/C17H20N2OS/c20-15-7-2-1-4-13(15)16-18-19-17(21-16)9-10-8-14(17)12-6-3-5-11(10)12/h1-2,4,7,10-12,14,19-20H,3,5-6,8-9H2/t10-,11-,12+,14+,17+/m1/s1. The maximum Gasteiger partial charge on any atom is 0.129 e. The van der Waals surface area contributed by atoms with E-state index in [2.05, 4.69) is 10.5 Å². The molecule has 2 bridgehead atoms. The van der Waals surface area contributed by atoms with Gasteiger partial charge >= 0.3 is 0 Å². The molecule has 110 valence electrons. The first-order chi connectivity index (χ1) is 10.3. The van der Waals surface area contributed by atoms with Gasteiger partial charge in [-0.15, -0.1) is 0 Å². The van der Waals surface area contributed by atoms with Crippen molar-refractivity contribution >= 4 is 16.8 Å². The van der Waals surface area contributed by atoms with E-state index >= 15 is 0 Å². The average molecular weight is 300 g/mol. The highest BCUT2D eigenvalue weighted by Crippen LogP contribution is 2.66. The number of rotatable bonds is 1. The Hall–Kier alpha value is -1.16. The summed E-state index contributed by atoms with van der Waals surface area (Å²) in [7, 11) is 0. The molecule has 1 aromatic rings. The van der Waals surface area contributed by atoms with Crippen LogP contribution in [-0.4, -0.2) is 15.0 Å². The third-order valence-electron chi connectivity index (χ3n) is 6.23. The molecule has 5 atom stereocenters. The predicted molar refractivity (Wildman–Crippen MR) is 85.1 cm³/mol. The van der Waals surface area contributed by atoms with Crippen LogP contribution in [0.5, 0.6) is 5.75 Å². The summed E-state index contributed by atoms with van der Waals surface area (Å²) in [5, 5.41) is 15.6. The van der Waals surface area contributed by atoms with E-state index in [1.165, 1.54) is 32.1 Å². The third-order valence-corrected chi connectivity index (χ3v) is 7.66. The number of nitrogens with one attached hydrogen (secondary N) is 1. The summed E-state index contributed by atoms with van der Waals surface area (Å²) in [6.07, 6.45) is 6.95. The van der Waals surface area contributed by atoms with Gasteiger partial charge in [0, 0.05) is 0 Å². The molecule has 0 saturated heterocycles. The van der Waals surface area contributed by atoms with E-state index in [1.807, 2.05) is 30.0 Å². The number of hydrogen-bond donors (Lipinski definition) is 2. The van der Waals surface area contributed by atoms with Gasteiger partial charge < -0.3 is 5.11 Å². The molecular formula is C17H20N2OS. The minimum atomic E-state index is 0.119. The van der Waals surface area contributed by atoms with Crippen molar-refractivity contribution in [2.75, 3.05) is 0 Å². The number of phenolic OH excluding ortho intramolecular Hbond substituents is 1. The fourth-order valence-corrected chi connectivity index (χ4v) is 7.00. The number of aromatic hydroxyl groups is 1. The van der Waals surface area contributed by atoms with Gasteiger partial charge in [-0.05, 0) is 61.5 Å². The summed E-state index contributed by atoms with van der Waals surface area (Å²) in [6, 6.07) is 7.55. The van der Waals surface area contributed by atoms with Gasteiger partial charge in [0.05, 0.1) is 5.56 Å². The van der Waals surface area contributed by atoms with Crippen molar-refractivity contribution in [3.8, 4) is 5.75 Å².